The monoisotopic (exact) mass is 314 g/mol. The van der Waals surface area contributed by atoms with Crippen molar-refractivity contribution in [1.29, 1.82) is 0 Å². The third kappa shape index (κ3) is 3.35. The van der Waals surface area contributed by atoms with Crippen molar-refractivity contribution in [3.05, 3.63) is 57.6 Å². The Hall–Kier alpha value is -0.810. The number of hydrogen-bond donors (Lipinski definition) is 0. The molecule has 3 heteroatoms. The lowest BCUT2D eigenvalue weighted by Gasteiger charge is -2.02. The second-order valence-corrected chi connectivity index (χ2v) is 4.44. The molecule has 15 heavy (non-hydrogen) atoms. The zero-order chi connectivity index (χ0) is 10.5. The molecule has 0 fully saturated rings. The van der Waals surface area contributed by atoms with Gasteiger partial charge in [-0.1, -0.05) is 12.1 Å². The van der Waals surface area contributed by atoms with E-state index in [1.807, 2.05) is 12.1 Å². The predicted molar refractivity (Wildman–Crippen MR) is 66.4 cm³/mol. The second-order valence-electron chi connectivity index (χ2n) is 3.20. The third-order valence-corrected chi connectivity index (χ3v) is 2.73. The lowest BCUT2D eigenvalue weighted by atomic mass is 10.2. The number of furan rings is 1. The van der Waals surface area contributed by atoms with Crippen LogP contribution in [0.4, 0.5) is 0 Å². The van der Waals surface area contributed by atoms with E-state index in [0.717, 1.165) is 5.76 Å². The van der Waals surface area contributed by atoms with Crippen LogP contribution in [0.3, 0.4) is 0 Å². The highest BCUT2D eigenvalue weighted by atomic mass is 127. The average molecular weight is 314 g/mol. The Kier molecular flexibility index (Phi) is 3.80. The van der Waals surface area contributed by atoms with Gasteiger partial charge in [-0.2, -0.15) is 0 Å². The second kappa shape index (κ2) is 5.32. The van der Waals surface area contributed by atoms with Crippen molar-refractivity contribution in [3.63, 3.8) is 0 Å². The Morgan fingerprint density at radius 3 is 2.53 bits per heavy atom. The summed E-state index contributed by atoms with van der Waals surface area (Å²) in [7, 11) is 0. The third-order valence-electron chi connectivity index (χ3n) is 2.01. The lowest BCUT2D eigenvalue weighted by molar-refractivity contribution is 0.0929. The number of benzene rings is 1. The molecule has 2 rings (SSSR count). The van der Waals surface area contributed by atoms with Crippen molar-refractivity contribution in [2.75, 3.05) is 0 Å². The minimum atomic E-state index is 0.527. The van der Waals surface area contributed by atoms with Crippen LogP contribution in [-0.2, 0) is 18.0 Å². The van der Waals surface area contributed by atoms with E-state index in [1.54, 1.807) is 6.26 Å². The first-order chi connectivity index (χ1) is 7.34. The van der Waals surface area contributed by atoms with Gasteiger partial charge in [0, 0.05) is 3.57 Å². The van der Waals surface area contributed by atoms with E-state index < -0.39 is 0 Å². The number of rotatable bonds is 4. The van der Waals surface area contributed by atoms with Crippen LogP contribution in [0, 0.1) is 3.57 Å². The van der Waals surface area contributed by atoms with Gasteiger partial charge in [0.25, 0.3) is 0 Å². The maximum absolute atomic E-state index is 5.51. The number of ether oxygens (including phenoxy) is 1. The largest absolute Gasteiger partial charge is 0.467 e. The first-order valence-electron chi connectivity index (χ1n) is 4.69. The average Bonchev–Trinajstić information content (AvgIpc) is 2.74. The highest BCUT2D eigenvalue weighted by Gasteiger charge is 1.96. The molecule has 2 aromatic rings. The molecule has 1 aromatic heterocycles. The summed E-state index contributed by atoms with van der Waals surface area (Å²) < 4.78 is 11.9. The van der Waals surface area contributed by atoms with Crippen molar-refractivity contribution in [2.24, 2.45) is 0 Å². The molecule has 0 saturated heterocycles. The van der Waals surface area contributed by atoms with E-state index in [1.165, 1.54) is 9.13 Å². The molecule has 0 aliphatic carbocycles. The van der Waals surface area contributed by atoms with Gasteiger partial charge in [-0.3, -0.25) is 0 Å². The van der Waals surface area contributed by atoms with Crippen LogP contribution in [0.25, 0.3) is 0 Å². The lowest BCUT2D eigenvalue weighted by Crippen LogP contribution is -1.92. The summed E-state index contributed by atoms with van der Waals surface area (Å²) in [5.74, 6) is 0.862. The van der Waals surface area contributed by atoms with E-state index in [0.29, 0.717) is 13.2 Å². The van der Waals surface area contributed by atoms with Crippen LogP contribution in [0.1, 0.15) is 11.3 Å². The van der Waals surface area contributed by atoms with Crippen LogP contribution in [-0.4, -0.2) is 0 Å². The summed E-state index contributed by atoms with van der Waals surface area (Å²) in [6.07, 6.45) is 1.66. The Bertz CT molecular complexity index is 392. The topological polar surface area (TPSA) is 22.4 Å². The molecule has 1 heterocycles. The van der Waals surface area contributed by atoms with Gasteiger partial charge in [0.2, 0.25) is 0 Å². The molecule has 0 aliphatic rings. The van der Waals surface area contributed by atoms with Gasteiger partial charge < -0.3 is 9.15 Å². The maximum atomic E-state index is 5.51. The summed E-state index contributed by atoms with van der Waals surface area (Å²) in [6, 6.07) is 12.1. The Balaban J connectivity index is 1.81. The maximum Gasteiger partial charge on any atom is 0.129 e. The Morgan fingerprint density at radius 1 is 1.07 bits per heavy atom. The summed E-state index contributed by atoms with van der Waals surface area (Å²) in [5, 5.41) is 0. The normalized spacial score (nSPS) is 10.5. The fourth-order valence-corrected chi connectivity index (χ4v) is 1.60. The SMILES string of the molecule is Ic1ccc(COCc2ccco2)cc1. The number of hydrogen-bond acceptors (Lipinski definition) is 2. The highest BCUT2D eigenvalue weighted by molar-refractivity contribution is 14.1. The van der Waals surface area contributed by atoms with E-state index in [2.05, 4.69) is 46.9 Å². The minimum absolute atomic E-state index is 0.527. The van der Waals surface area contributed by atoms with E-state index in [-0.39, 0.29) is 0 Å². The summed E-state index contributed by atoms with van der Waals surface area (Å²) in [5.41, 5.74) is 1.18. The molecule has 0 atom stereocenters. The van der Waals surface area contributed by atoms with Crippen molar-refractivity contribution in [2.45, 2.75) is 13.2 Å². The quantitative estimate of drug-likeness (QED) is 0.805. The van der Waals surface area contributed by atoms with Crippen molar-refractivity contribution < 1.29 is 9.15 Å². The zero-order valence-electron chi connectivity index (χ0n) is 8.15. The molecule has 78 valence electrons. The van der Waals surface area contributed by atoms with Gasteiger partial charge in [-0.15, -0.1) is 0 Å². The van der Waals surface area contributed by atoms with Crippen LogP contribution in [0.5, 0.6) is 0 Å². The molecular formula is C12H11IO2. The molecule has 0 unspecified atom stereocenters. The first-order valence-corrected chi connectivity index (χ1v) is 5.77. The molecule has 0 amide bonds. The van der Waals surface area contributed by atoms with Crippen LogP contribution in [0.2, 0.25) is 0 Å². The minimum Gasteiger partial charge on any atom is -0.467 e. The molecule has 0 aliphatic heterocycles. The van der Waals surface area contributed by atoms with Crippen molar-refractivity contribution >= 4 is 22.6 Å². The molecule has 2 nitrogen and oxygen atoms in total. The van der Waals surface area contributed by atoms with Crippen molar-refractivity contribution in [3.8, 4) is 0 Å². The highest BCUT2D eigenvalue weighted by Crippen LogP contribution is 2.09. The van der Waals surface area contributed by atoms with Gasteiger partial charge in [0.15, 0.2) is 0 Å². The standard InChI is InChI=1S/C12H11IO2/c13-11-5-3-10(4-6-11)8-14-9-12-2-1-7-15-12/h1-7H,8-9H2. The number of halogens is 1. The van der Waals surface area contributed by atoms with E-state index in [9.17, 15) is 0 Å². The molecular weight excluding hydrogens is 303 g/mol. The summed E-state index contributed by atoms with van der Waals surface area (Å²) in [4.78, 5) is 0. The molecule has 0 N–H and O–H groups in total. The van der Waals surface area contributed by atoms with Gasteiger partial charge >= 0.3 is 0 Å². The van der Waals surface area contributed by atoms with E-state index >= 15 is 0 Å². The van der Waals surface area contributed by atoms with Crippen LogP contribution in [0.15, 0.2) is 47.1 Å². The zero-order valence-corrected chi connectivity index (χ0v) is 10.3. The molecule has 1 aromatic carbocycles. The Labute approximate surface area is 102 Å². The van der Waals surface area contributed by atoms with Gasteiger partial charge in [-0.25, -0.2) is 0 Å². The molecule has 0 spiro atoms. The Morgan fingerprint density at radius 2 is 1.87 bits per heavy atom. The molecule has 0 bridgehead atoms. The van der Waals surface area contributed by atoms with Crippen LogP contribution < -0.4 is 0 Å². The fraction of sp³-hybridized carbons (Fsp3) is 0.167. The fourth-order valence-electron chi connectivity index (χ4n) is 1.24. The van der Waals surface area contributed by atoms with Gasteiger partial charge in [-0.05, 0) is 52.4 Å². The smallest absolute Gasteiger partial charge is 0.129 e. The van der Waals surface area contributed by atoms with Crippen molar-refractivity contribution in [1.82, 2.24) is 0 Å². The van der Waals surface area contributed by atoms with Gasteiger partial charge in [0.1, 0.15) is 12.4 Å². The molecule has 0 saturated carbocycles. The van der Waals surface area contributed by atoms with E-state index in [4.69, 9.17) is 9.15 Å². The van der Waals surface area contributed by atoms with Gasteiger partial charge in [0.05, 0.1) is 12.9 Å². The summed E-state index contributed by atoms with van der Waals surface area (Å²) >= 11 is 2.29. The molecule has 0 radical (unpaired) electrons. The van der Waals surface area contributed by atoms with Crippen LogP contribution >= 0.6 is 22.6 Å². The predicted octanol–water partition coefficient (Wildman–Crippen LogP) is 3.60. The first kappa shape index (κ1) is 10.7. The summed E-state index contributed by atoms with van der Waals surface area (Å²) in [6.45, 7) is 1.15.